The first-order chi connectivity index (χ1) is 13.6. The summed E-state index contributed by atoms with van der Waals surface area (Å²) in [5.41, 5.74) is 1.24. The Bertz CT molecular complexity index is 875. The fourth-order valence-electron chi connectivity index (χ4n) is 2.72. The molecule has 3 rings (SSSR count). The largest absolute Gasteiger partial charge is 0.492 e. The molecule has 1 aliphatic heterocycles. The Balaban J connectivity index is 1.54. The van der Waals surface area contributed by atoms with Crippen molar-refractivity contribution in [3.8, 4) is 11.5 Å². The first-order valence-electron chi connectivity index (χ1n) is 8.90. The molecule has 1 heterocycles. The number of carboxylic acid groups (broad SMARTS) is 1. The molecule has 7 heteroatoms. The van der Waals surface area contributed by atoms with Gasteiger partial charge in [0.1, 0.15) is 18.1 Å². The van der Waals surface area contributed by atoms with Gasteiger partial charge in [0.2, 0.25) is 5.76 Å². The number of carboxylic acids is 1. The number of amides is 1. The van der Waals surface area contributed by atoms with Crippen molar-refractivity contribution in [1.82, 2.24) is 4.90 Å². The summed E-state index contributed by atoms with van der Waals surface area (Å²) in [6, 6.07) is 14.1. The number of carbonyl (C=O) groups excluding carboxylic acids is 1. The molecule has 28 heavy (non-hydrogen) atoms. The zero-order chi connectivity index (χ0) is 19.9. The lowest BCUT2D eigenvalue weighted by Crippen LogP contribution is -2.40. The number of fused-ring (bicyclic) bond motifs is 1. The molecule has 0 unspecified atom stereocenters. The van der Waals surface area contributed by atoms with Crippen molar-refractivity contribution < 1.29 is 28.9 Å². The molecule has 0 radical (unpaired) electrons. The van der Waals surface area contributed by atoms with Crippen molar-refractivity contribution in [1.29, 1.82) is 0 Å². The number of aliphatic carboxylic acids is 1. The van der Waals surface area contributed by atoms with Crippen LogP contribution in [0.25, 0.3) is 6.08 Å². The van der Waals surface area contributed by atoms with E-state index in [0.29, 0.717) is 35.8 Å². The van der Waals surface area contributed by atoms with Gasteiger partial charge in [-0.25, -0.2) is 4.79 Å². The van der Waals surface area contributed by atoms with Crippen LogP contribution in [-0.2, 0) is 9.53 Å². The second-order valence-electron chi connectivity index (χ2n) is 6.00. The molecule has 0 bridgehead atoms. The third-order valence-electron chi connectivity index (χ3n) is 4.10. The summed E-state index contributed by atoms with van der Waals surface area (Å²) in [6.45, 7) is 2.90. The zero-order valence-corrected chi connectivity index (χ0v) is 15.5. The van der Waals surface area contributed by atoms with Gasteiger partial charge in [-0.05, 0) is 42.8 Å². The topological polar surface area (TPSA) is 85.3 Å². The molecule has 0 fully saturated rings. The molecule has 1 N–H and O–H groups in total. The van der Waals surface area contributed by atoms with Crippen LogP contribution in [0, 0.1) is 0 Å². The molecule has 7 nitrogen and oxygen atoms in total. The van der Waals surface area contributed by atoms with Crippen LogP contribution in [0.5, 0.6) is 11.5 Å². The van der Waals surface area contributed by atoms with E-state index in [1.165, 1.54) is 6.08 Å². The van der Waals surface area contributed by atoms with E-state index in [4.69, 9.17) is 19.3 Å². The molecule has 0 saturated carbocycles. The van der Waals surface area contributed by atoms with Crippen LogP contribution in [0.1, 0.15) is 22.8 Å². The van der Waals surface area contributed by atoms with Crippen LogP contribution < -0.4 is 9.47 Å². The number of hydrogen-bond donors (Lipinski definition) is 1. The van der Waals surface area contributed by atoms with Crippen molar-refractivity contribution in [2.24, 2.45) is 0 Å². The minimum atomic E-state index is -1.11. The molecule has 0 aliphatic carbocycles. The highest BCUT2D eigenvalue weighted by Gasteiger charge is 2.24. The lowest BCUT2D eigenvalue weighted by Gasteiger charge is -2.28. The van der Waals surface area contributed by atoms with E-state index in [-0.39, 0.29) is 25.0 Å². The van der Waals surface area contributed by atoms with Crippen LogP contribution in [0.2, 0.25) is 0 Å². The molecule has 0 atom stereocenters. The Kier molecular flexibility index (Phi) is 6.16. The zero-order valence-electron chi connectivity index (χ0n) is 15.5. The minimum Gasteiger partial charge on any atom is -0.492 e. The first-order valence-corrected chi connectivity index (χ1v) is 8.90. The van der Waals surface area contributed by atoms with Gasteiger partial charge >= 0.3 is 5.97 Å². The Morgan fingerprint density at radius 1 is 1.21 bits per heavy atom. The van der Waals surface area contributed by atoms with Crippen molar-refractivity contribution in [2.45, 2.75) is 6.92 Å². The van der Waals surface area contributed by atoms with Gasteiger partial charge in [0.25, 0.3) is 5.91 Å². The normalized spacial score (nSPS) is 13.5. The van der Waals surface area contributed by atoms with Gasteiger partial charge in [-0.1, -0.05) is 24.3 Å². The first kappa shape index (κ1) is 19.3. The molecule has 1 amide bonds. The highest BCUT2D eigenvalue weighted by atomic mass is 16.5. The summed E-state index contributed by atoms with van der Waals surface area (Å²) < 4.78 is 16.4. The average Bonchev–Trinajstić information content (AvgIpc) is 2.70. The predicted octanol–water partition coefficient (Wildman–Crippen LogP) is 3.02. The van der Waals surface area contributed by atoms with Gasteiger partial charge in [-0.3, -0.25) is 4.79 Å². The maximum absolute atomic E-state index is 12.4. The number of benzene rings is 2. The lowest BCUT2D eigenvalue weighted by molar-refractivity contribution is -0.136. The van der Waals surface area contributed by atoms with E-state index in [1.807, 2.05) is 6.07 Å². The predicted molar refractivity (Wildman–Crippen MR) is 102 cm³/mol. The third-order valence-corrected chi connectivity index (χ3v) is 4.10. The van der Waals surface area contributed by atoms with E-state index in [1.54, 1.807) is 54.3 Å². The molecular weight excluding hydrogens is 362 g/mol. The summed E-state index contributed by atoms with van der Waals surface area (Å²) in [5, 5.41) is 9.08. The molecule has 146 valence electrons. The Labute approximate surface area is 162 Å². The van der Waals surface area contributed by atoms with Gasteiger partial charge in [0.05, 0.1) is 18.7 Å². The summed E-state index contributed by atoms with van der Waals surface area (Å²) >= 11 is 0. The van der Waals surface area contributed by atoms with Crippen molar-refractivity contribution >= 4 is 18.0 Å². The van der Waals surface area contributed by atoms with Crippen LogP contribution in [0.15, 0.2) is 54.3 Å². The molecule has 0 saturated heterocycles. The van der Waals surface area contributed by atoms with E-state index in [0.717, 1.165) is 0 Å². The fourth-order valence-corrected chi connectivity index (χ4v) is 2.72. The van der Waals surface area contributed by atoms with E-state index >= 15 is 0 Å². The molecule has 2 aromatic carbocycles. The lowest BCUT2D eigenvalue weighted by atomic mass is 10.1. The Morgan fingerprint density at radius 3 is 2.68 bits per heavy atom. The summed E-state index contributed by atoms with van der Waals surface area (Å²) in [6.07, 6.45) is 1.46. The van der Waals surface area contributed by atoms with E-state index in [9.17, 15) is 9.59 Å². The smallest absolute Gasteiger partial charge is 0.371 e. The average molecular weight is 383 g/mol. The van der Waals surface area contributed by atoms with Gasteiger partial charge in [0.15, 0.2) is 6.73 Å². The van der Waals surface area contributed by atoms with Gasteiger partial charge in [-0.15, -0.1) is 0 Å². The Morgan fingerprint density at radius 2 is 1.96 bits per heavy atom. The standard InChI is InChI=1S/C21H21NO6/c1-2-26-19(21(24)25)13-15-7-9-16(10-8-15)27-12-11-22-14-28-18-6-4-3-5-17(18)20(22)23/h3-10,13H,2,11-12,14H2,1H3,(H,24,25). The van der Waals surface area contributed by atoms with E-state index in [2.05, 4.69) is 0 Å². The molecule has 0 aromatic heterocycles. The van der Waals surface area contributed by atoms with E-state index < -0.39 is 5.97 Å². The second kappa shape index (κ2) is 8.94. The van der Waals surface area contributed by atoms with Crippen LogP contribution in [0.3, 0.4) is 0 Å². The summed E-state index contributed by atoms with van der Waals surface area (Å²) in [5.74, 6) is -0.0856. The van der Waals surface area contributed by atoms with Crippen molar-refractivity contribution in [2.75, 3.05) is 26.5 Å². The quantitative estimate of drug-likeness (QED) is 0.557. The maximum atomic E-state index is 12.4. The number of carbonyl (C=O) groups is 2. The highest BCUT2D eigenvalue weighted by Crippen LogP contribution is 2.24. The fraction of sp³-hybridized carbons (Fsp3) is 0.238. The molecule has 2 aromatic rings. The minimum absolute atomic E-state index is 0.0805. The molecule has 1 aliphatic rings. The van der Waals surface area contributed by atoms with Crippen LogP contribution >= 0.6 is 0 Å². The SMILES string of the molecule is CCOC(=Cc1ccc(OCCN2COc3ccccc3C2=O)cc1)C(=O)O. The Hall–Kier alpha value is -3.48. The number of nitrogens with zero attached hydrogens (tertiary/aromatic N) is 1. The van der Waals surface area contributed by atoms with Gasteiger partial charge in [-0.2, -0.15) is 0 Å². The maximum Gasteiger partial charge on any atom is 0.371 e. The summed E-state index contributed by atoms with van der Waals surface area (Å²) in [7, 11) is 0. The molecule has 0 spiro atoms. The molecular formula is C21H21NO6. The van der Waals surface area contributed by atoms with Crippen LogP contribution in [0.4, 0.5) is 0 Å². The third kappa shape index (κ3) is 4.62. The summed E-state index contributed by atoms with van der Waals surface area (Å²) in [4.78, 5) is 25.1. The van der Waals surface area contributed by atoms with Crippen LogP contribution in [-0.4, -0.2) is 48.4 Å². The highest BCUT2D eigenvalue weighted by molar-refractivity contribution is 5.97. The van der Waals surface area contributed by atoms with Gasteiger partial charge in [0, 0.05) is 0 Å². The second-order valence-corrected chi connectivity index (χ2v) is 6.00. The number of hydrogen-bond acceptors (Lipinski definition) is 5. The number of para-hydroxylation sites is 1. The van der Waals surface area contributed by atoms with Crippen molar-refractivity contribution in [3.05, 3.63) is 65.4 Å². The van der Waals surface area contributed by atoms with Gasteiger partial charge < -0.3 is 24.2 Å². The monoisotopic (exact) mass is 383 g/mol. The number of rotatable bonds is 8. The number of ether oxygens (including phenoxy) is 3. The van der Waals surface area contributed by atoms with Crippen molar-refractivity contribution in [3.63, 3.8) is 0 Å².